The van der Waals surface area contributed by atoms with E-state index in [1.807, 2.05) is 0 Å². The number of esters is 1. The molecule has 0 N–H and O–H groups in total. The molecule has 0 unspecified atom stereocenters. The number of piperidine rings is 2. The van der Waals surface area contributed by atoms with Crippen molar-refractivity contribution in [3.8, 4) is 0 Å². The van der Waals surface area contributed by atoms with Gasteiger partial charge >= 0.3 is 24.4 Å². The van der Waals surface area contributed by atoms with E-state index in [9.17, 15) is 14.4 Å². The lowest BCUT2D eigenvalue weighted by Crippen LogP contribution is -2.44. The van der Waals surface area contributed by atoms with Gasteiger partial charge in [0, 0.05) is 26.2 Å². The maximum atomic E-state index is 12.1. The lowest BCUT2D eigenvalue weighted by Gasteiger charge is -2.29. The van der Waals surface area contributed by atoms with Crippen molar-refractivity contribution >= 4 is 18.2 Å². The minimum Gasteiger partial charge on any atom is -0.463 e. The number of amides is 2. The summed E-state index contributed by atoms with van der Waals surface area (Å²) in [5.74, 6) is -0.902. The van der Waals surface area contributed by atoms with Crippen molar-refractivity contribution in [2.45, 2.75) is 44.8 Å². The summed E-state index contributed by atoms with van der Waals surface area (Å²) in [5.41, 5.74) is 0. The molecule has 0 aromatic carbocycles. The molecule has 130 valence electrons. The molecule has 2 saturated heterocycles. The molecule has 0 spiro atoms. The lowest BCUT2D eigenvalue weighted by atomic mass is 10.1. The number of rotatable bonds is 3. The van der Waals surface area contributed by atoms with Crippen LogP contribution in [-0.2, 0) is 19.0 Å². The summed E-state index contributed by atoms with van der Waals surface area (Å²) in [5, 5.41) is 0. The third kappa shape index (κ3) is 5.01. The van der Waals surface area contributed by atoms with Crippen molar-refractivity contribution in [1.29, 1.82) is 0 Å². The number of ether oxygens (including phenoxy) is 3. The maximum absolute atomic E-state index is 12.1. The number of nitrogens with zero attached hydrogens (tertiary/aromatic N) is 2. The van der Waals surface area contributed by atoms with Crippen molar-refractivity contribution in [2.24, 2.45) is 0 Å². The normalized spacial score (nSPS) is 18.5. The molecule has 2 heterocycles. The Morgan fingerprint density at radius 2 is 1.13 bits per heavy atom. The van der Waals surface area contributed by atoms with Crippen LogP contribution in [0, 0.1) is 0 Å². The quantitative estimate of drug-likeness (QED) is 0.579. The Morgan fingerprint density at radius 3 is 1.48 bits per heavy atom. The smallest absolute Gasteiger partial charge is 0.413 e. The van der Waals surface area contributed by atoms with Crippen LogP contribution in [0.15, 0.2) is 0 Å². The van der Waals surface area contributed by atoms with Gasteiger partial charge in [0.1, 0.15) is 0 Å². The van der Waals surface area contributed by atoms with Gasteiger partial charge in [-0.05, 0) is 38.5 Å². The summed E-state index contributed by atoms with van der Waals surface area (Å²) < 4.78 is 14.7. The fourth-order valence-electron chi connectivity index (χ4n) is 2.70. The zero-order valence-electron chi connectivity index (χ0n) is 13.5. The van der Waals surface area contributed by atoms with E-state index >= 15 is 0 Å². The Bertz CT molecular complexity index is 398. The first kappa shape index (κ1) is 17.4. The van der Waals surface area contributed by atoms with E-state index in [-0.39, 0.29) is 0 Å². The van der Waals surface area contributed by atoms with Crippen LogP contribution in [0.4, 0.5) is 9.59 Å². The zero-order chi connectivity index (χ0) is 16.7. The number of hydrogen-bond donors (Lipinski definition) is 0. The highest BCUT2D eigenvalue weighted by Crippen LogP contribution is 2.14. The first-order valence-corrected chi connectivity index (χ1v) is 8.11. The molecule has 2 aliphatic rings. The fraction of sp³-hybridized carbons (Fsp3) is 0.800. The van der Waals surface area contributed by atoms with Gasteiger partial charge in [0.15, 0.2) is 0 Å². The monoisotopic (exact) mass is 328 g/mol. The molecule has 2 fully saturated rings. The summed E-state index contributed by atoms with van der Waals surface area (Å²) in [6.45, 7) is 2.30. The second-order valence-corrected chi connectivity index (χ2v) is 5.72. The van der Waals surface area contributed by atoms with Crippen molar-refractivity contribution in [2.75, 3.05) is 33.3 Å². The van der Waals surface area contributed by atoms with Gasteiger partial charge in [0.2, 0.25) is 0 Å². The Balaban J connectivity index is 1.91. The minimum absolute atomic E-state index is 0.576. The van der Waals surface area contributed by atoms with Crippen molar-refractivity contribution in [1.82, 2.24) is 9.80 Å². The van der Waals surface area contributed by atoms with E-state index in [4.69, 9.17) is 9.47 Å². The van der Waals surface area contributed by atoms with Crippen LogP contribution in [-0.4, -0.2) is 67.5 Å². The lowest BCUT2D eigenvalue weighted by molar-refractivity contribution is -0.173. The Hall–Kier alpha value is -1.99. The van der Waals surface area contributed by atoms with Crippen LogP contribution in [0.25, 0.3) is 0 Å². The summed E-state index contributed by atoms with van der Waals surface area (Å²) in [6.07, 6.45) is 2.72. The fourth-order valence-corrected chi connectivity index (χ4v) is 2.70. The predicted octanol–water partition coefficient (Wildman–Crippen LogP) is 1.73. The average molecular weight is 328 g/mol. The standard InChI is InChI=1S/C15H24N2O6/c1-21-12(18)13(22-14(19)16-8-4-2-5-9-16)23-15(20)17-10-6-3-7-11-17/h13H,2-11H2,1H3. The van der Waals surface area contributed by atoms with Crippen molar-refractivity contribution < 1.29 is 28.6 Å². The topological polar surface area (TPSA) is 85.4 Å². The van der Waals surface area contributed by atoms with Crippen LogP contribution < -0.4 is 0 Å². The first-order chi connectivity index (χ1) is 11.1. The third-order valence-electron chi connectivity index (χ3n) is 4.04. The second-order valence-electron chi connectivity index (χ2n) is 5.72. The molecule has 23 heavy (non-hydrogen) atoms. The summed E-state index contributed by atoms with van der Waals surface area (Å²) in [4.78, 5) is 38.9. The highest BCUT2D eigenvalue weighted by atomic mass is 16.7. The van der Waals surface area contributed by atoms with Crippen LogP contribution in [0.3, 0.4) is 0 Å². The molecule has 0 bridgehead atoms. The highest BCUT2D eigenvalue weighted by molar-refractivity contribution is 5.80. The van der Waals surface area contributed by atoms with Crippen LogP contribution in [0.2, 0.25) is 0 Å². The van der Waals surface area contributed by atoms with E-state index in [0.29, 0.717) is 26.2 Å². The highest BCUT2D eigenvalue weighted by Gasteiger charge is 2.32. The number of hydrogen-bond acceptors (Lipinski definition) is 6. The molecule has 0 aromatic heterocycles. The van der Waals surface area contributed by atoms with E-state index in [2.05, 4.69) is 4.74 Å². The number of carbonyl (C=O) groups is 3. The van der Waals surface area contributed by atoms with Gasteiger partial charge in [-0.3, -0.25) is 0 Å². The zero-order valence-corrected chi connectivity index (χ0v) is 13.5. The molecule has 0 saturated carbocycles. The van der Waals surface area contributed by atoms with Crippen LogP contribution in [0.5, 0.6) is 0 Å². The molecular weight excluding hydrogens is 304 g/mol. The molecular formula is C15H24N2O6. The van der Waals surface area contributed by atoms with Gasteiger partial charge in [-0.15, -0.1) is 0 Å². The predicted molar refractivity (Wildman–Crippen MR) is 79.6 cm³/mol. The molecule has 0 radical (unpaired) electrons. The number of likely N-dealkylation sites (tertiary alicyclic amines) is 2. The molecule has 0 atom stereocenters. The largest absolute Gasteiger partial charge is 0.463 e. The molecule has 8 heteroatoms. The minimum atomic E-state index is -1.66. The number of carbonyl (C=O) groups excluding carboxylic acids is 3. The number of methoxy groups -OCH3 is 1. The third-order valence-corrected chi connectivity index (χ3v) is 4.04. The van der Waals surface area contributed by atoms with Gasteiger partial charge in [-0.25, -0.2) is 14.4 Å². The molecule has 8 nitrogen and oxygen atoms in total. The summed E-state index contributed by atoms with van der Waals surface area (Å²) >= 11 is 0. The second kappa shape index (κ2) is 8.59. The summed E-state index contributed by atoms with van der Waals surface area (Å²) in [6, 6.07) is 0. The first-order valence-electron chi connectivity index (χ1n) is 8.11. The molecule has 2 aliphatic heterocycles. The van der Waals surface area contributed by atoms with Crippen molar-refractivity contribution in [3.63, 3.8) is 0 Å². The average Bonchev–Trinajstić information content (AvgIpc) is 2.61. The van der Waals surface area contributed by atoms with Gasteiger partial charge in [-0.1, -0.05) is 0 Å². The van der Waals surface area contributed by atoms with E-state index in [1.165, 1.54) is 9.80 Å². The van der Waals surface area contributed by atoms with E-state index in [0.717, 1.165) is 45.6 Å². The van der Waals surface area contributed by atoms with Crippen LogP contribution in [0.1, 0.15) is 38.5 Å². The van der Waals surface area contributed by atoms with Gasteiger partial charge in [0.05, 0.1) is 7.11 Å². The van der Waals surface area contributed by atoms with E-state index < -0.39 is 24.4 Å². The molecule has 0 aromatic rings. The van der Waals surface area contributed by atoms with E-state index in [1.54, 1.807) is 0 Å². The Kier molecular flexibility index (Phi) is 6.49. The van der Waals surface area contributed by atoms with Crippen LogP contribution >= 0.6 is 0 Å². The van der Waals surface area contributed by atoms with Gasteiger partial charge in [0.25, 0.3) is 0 Å². The maximum Gasteiger partial charge on any atom is 0.413 e. The van der Waals surface area contributed by atoms with Gasteiger partial charge < -0.3 is 24.0 Å². The molecule has 0 aliphatic carbocycles. The Labute approximate surface area is 135 Å². The van der Waals surface area contributed by atoms with Crippen molar-refractivity contribution in [3.05, 3.63) is 0 Å². The SMILES string of the molecule is COC(=O)C(OC(=O)N1CCCCC1)OC(=O)N1CCCCC1. The Morgan fingerprint density at radius 1 is 0.739 bits per heavy atom. The summed E-state index contributed by atoms with van der Waals surface area (Å²) in [7, 11) is 1.15. The molecule has 2 amide bonds. The van der Waals surface area contributed by atoms with Gasteiger partial charge in [-0.2, -0.15) is 0 Å². The molecule has 2 rings (SSSR count).